The average molecular weight is 189 g/mol. The van der Waals surface area contributed by atoms with Crippen LogP contribution in [0.3, 0.4) is 0 Å². The van der Waals surface area contributed by atoms with Crippen LogP contribution in [0.2, 0.25) is 6.82 Å². The SMILES string of the molecule is CCC(CN)OB(C)OC(C)CO. The molecule has 0 bridgehead atoms. The summed E-state index contributed by atoms with van der Waals surface area (Å²) in [4.78, 5) is 0. The molecule has 0 aromatic carbocycles. The summed E-state index contributed by atoms with van der Waals surface area (Å²) in [5, 5.41) is 8.73. The van der Waals surface area contributed by atoms with Crippen LogP contribution >= 0.6 is 0 Å². The van der Waals surface area contributed by atoms with Crippen LogP contribution in [0.4, 0.5) is 0 Å². The first kappa shape index (κ1) is 12.9. The third kappa shape index (κ3) is 6.04. The quantitative estimate of drug-likeness (QED) is 0.563. The molecule has 4 nitrogen and oxygen atoms in total. The fourth-order valence-electron chi connectivity index (χ4n) is 0.992. The molecule has 0 saturated heterocycles. The Morgan fingerprint density at radius 1 is 1.46 bits per heavy atom. The number of aliphatic hydroxyl groups is 1. The smallest absolute Gasteiger partial charge is 0.407 e. The molecule has 0 saturated carbocycles. The highest BCUT2D eigenvalue weighted by Gasteiger charge is 2.17. The highest BCUT2D eigenvalue weighted by Crippen LogP contribution is 2.02. The minimum Gasteiger partial charge on any atom is -0.407 e. The third-order valence-electron chi connectivity index (χ3n) is 1.78. The predicted octanol–water partition coefficient (Wildman–Crippen LogP) is 0.256. The van der Waals surface area contributed by atoms with Gasteiger partial charge < -0.3 is 20.1 Å². The van der Waals surface area contributed by atoms with Crippen LogP contribution in [0.1, 0.15) is 20.3 Å². The maximum absolute atomic E-state index is 8.73. The predicted molar refractivity (Wildman–Crippen MR) is 53.5 cm³/mol. The maximum Gasteiger partial charge on any atom is 0.454 e. The van der Waals surface area contributed by atoms with Gasteiger partial charge in [0, 0.05) is 6.54 Å². The molecule has 0 aliphatic rings. The van der Waals surface area contributed by atoms with E-state index in [1.54, 1.807) is 6.92 Å². The standard InChI is InChI=1S/C8H20BNO3/c1-4-8(5-10)13-9(3)12-7(2)6-11/h7-8,11H,4-6,10H2,1-3H3. The molecule has 2 atom stereocenters. The molecule has 0 rings (SSSR count). The molecule has 0 spiro atoms. The lowest BCUT2D eigenvalue weighted by atomic mass is 9.93. The Hall–Kier alpha value is -0.0951. The molecule has 2 unspecified atom stereocenters. The minimum absolute atomic E-state index is 0.00706. The van der Waals surface area contributed by atoms with Crippen molar-refractivity contribution >= 4 is 7.12 Å². The Labute approximate surface area is 80.5 Å². The molecule has 0 aliphatic carbocycles. The van der Waals surface area contributed by atoms with Gasteiger partial charge in [0.05, 0.1) is 18.8 Å². The van der Waals surface area contributed by atoms with Crippen molar-refractivity contribution in [3.63, 3.8) is 0 Å². The summed E-state index contributed by atoms with van der Waals surface area (Å²) in [6.07, 6.45) is 0.726. The highest BCUT2D eigenvalue weighted by molar-refractivity contribution is 6.42. The molecule has 0 heterocycles. The van der Waals surface area contributed by atoms with Gasteiger partial charge in [-0.3, -0.25) is 0 Å². The molecule has 0 radical (unpaired) electrons. The summed E-state index contributed by atoms with van der Waals surface area (Å²) in [6, 6.07) is 0. The molecular formula is C8H20BNO3. The van der Waals surface area contributed by atoms with Gasteiger partial charge in [-0.2, -0.15) is 0 Å². The molecule has 0 fully saturated rings. The van der Waals surface area contributed by atoms with Crippen molar-refractivity contribution in [1.82, 2.24) is 0 Å². The normalized spacial score (nSPS) is 15.5. The molecule has 0 aromatic heterocycles. The van der Waals surface area contributed by atoms with Gasteiger partial charge in [0.1, 0.15) is 0 Å². The van der Waals surface area contributed by atoms with Gasteiger partial charge in [-0.05, 0) is 20.2 Å². The van der Waals surface area contributed by atoms with E-state index in [0.29, 0.717) is 6.54 Å². The summed E-state index contributed by atoms with van der Waals surface area (Å²) in [6.45, 7) is 6.12. The monoisotopic (exact) mass is 189 g/mol. The van der Waals surface area contributed by atoms with Crippen molar-refractivity contribution < 1.29 is 14.4 Å². The zero-order valence-corrected chi connectivity index (χ0v) is 8.69. The lowest BCUT2D eigenvalue weighted by Crippen LogP contribution is -2.34. The van der Waals surface area contributed by atoms with Gasteiger partial charge >= 0.3 is 7.12 Å². The Bertz CT molecular complexity index is 122. The van der Waals surface area contributed by atoms with E-state index >= 15 is 0 Å². The molecule has 13 heavy (non-hydrogen) atoms. The lowest BCUT2D eigenvalue weighted by Gasteiger charge is -2.20. The first-order chi connectivity index (χ1) is 6.13. The molecule has 78 valence electrons. The molecule has 0 aliphatic heterocycles. The van der Waals surface area contributed by atoms with Crippen LogP contribution in [-0.4, -0.2) is 37.6 Å². The van der Waals surface area contributed by atoms with E-state index in [-0.39, 0.29) is 25.9 Å². The van der Waals surface area contributed by atoms with E-state index in [1.165, 1.54) is 0 Å². The Balaban J connectivity index is 3.65. The van der Waals surface area contributed by atoms with Crippen LogP contribution < -0.4 is 5.73 Å². The zero-order valence-electron chi connectivity index (χ0n) is 8.69. The maximum atomic E-state index is 8.73. The second kappa shape index (κ2) is 7.32. The van der Waals surface area contributed by atoms with E-state index < -0.39 is 0 Å². The van der Waals surface area contributed by atoms with Crippen LogP contribution in [0.25, 0.3) is 0 Å². The number of hydrogen-bond acceptors (Lipinski definition) is 4. The number of nitrogens with two attached hydrogens (primary N) is 1. The first-order valence-corrected chi connectivity index (χ1v) is 4.75. The van der Waals surface area contributed by atoms with Crippen molar-refractivity contribution in [1.29, 1.82) is 0 Å². The molecule has 0 amide bonds. The topological polar surface area (TPSA) is 64.7 Å². The zero-order chi connectivity index (χ0) is 10.3. The van der Waals surface area contributed by atoms with Crippen molar-refractivity contribution in [3.05, 3.63) is 0 Å². The fraction of sp³-hybridized carbons (Fsp3) is 1.00. The van der Waals surface area contributed by atoms with Crippen LogP contribution in [0.15, 0.2) is 0 Å². The number of aliphatic hydroxyl groups excluding tert-OH is 1. The van der Waals surface area contributed by atoms with Crippen molar-refractivity contribution in [2.75, 3.05) is 13.2 Å². The molecular weight excluding hydrogens is 169 g/mol. The summed E-state index contributed by atoms with van der Waals surface area (Å²) in [5.41, 5.74) is 5.46. The molecule has 3 N–H and O–H groups in total. The summed E-state index contributed by atoms with van der Waals surface area (Å²) < 4.78 is 10.8. The van der Waals surface area contributed by atoms with Crippen molar-refractivity contribution in [2.45, 2.75) is 39.3 Å². The van der Waals surface area contributed by atoms with E-state index in [0.717, 1.165) is 6.42 Å². The summed E-state index contributed by atoms with van der Waals surface area (Å²) >= 11 is 0. The Morgan fingerprint density at radius 3 is 2.46 bits per heavy atom. The van der Waals surface area contributed by atoms with Crippen LogP contribution in [-0.2, 0) is 9.31 Å². The highest BCUT2D eigenvalue weighted by atomic mass is 16.6. The van der Waals surface area contributed by atoms with Crippen molar-refractivity contribution in [3.8, 4) is 0 Å². The van der Waals surface area contributed by atoms with Gasteiger partial charge in [-0.25, -0.2) is 0 Å². The molecule has 0 aromatic rings. The van der Waals surface area contributed by atoms with Gasteiger partial charge in [-0.1, -0.05) is 6.92 Å². The second-order valence-electron chi connectivity index (χ2n) is 3.10. The minimum atomic E-state index is -0.310. The van der Waals surface area contributed by atoms with E-state index in [4.69, 9.17) is 20.1 Å². The summed E-state index contributed by atoms with van der Waals surface area (Å²) in [7, 11) is -0.310. The van der Waals surface area contributed by atoms with Crippen LogP contribution in [0, 0.1) is 0 Å². The van der Waals surface area contributed by atoms with Crippen LogP contribution in [0.5, 0.6) is 0 Å². The van der Waals surface area contributed by atoms with E-state index in [9.17, 15) is 0 Å². The van der Waals surface area contributed by atoms with Gasteiger partial charge in [0.15, 0.2) is 0 Å². The summed E-state index contributed by atoms with van der Waals surface area (Å²) in [5.74, 6) is 0. The number of hydrogen-bond donors (Lipinski definition) is 2. The Kier molecular flexibility index (Phi) is 7.27. The lowest BCUT2D eigenvalue weighted by molar-refractivity contribution is 0.0769. The third-order valence-corrected chi connectivity index (χ3v) is 1.78. The van der Waals surface area contributed by atoms with Crippen molar-refractivity contribution in [2.24, 2.45) is 5.73 Å². The fourth-order valence-corrected chi connectivity index (χ4v) is 0.992. The van der Waals surface area contributed by atoms with Gasteiger partial charge in [0.2, 0.25) is 0 Å². The van der Waals surface area contributed by atoms with Gasteiger partial charge in [-0.15, -0.1) is 0 Å². The van der Waals surface area contributed by atoms with Gasteiger partial charge in [0.25, 0.3) is 0 Å². The van der Waals surface area contributed by atoms with E-state index in [1.807, 2.05) is 13.7 Å². The van der Waals surface area contributed by atoms with E-state index in [2.05, 4.69) is 0 Å². The second-order valence-corrected chi connectivity index (χ2v) is 3.10. The first-order valence-electron chi connectivity index (χ1n) is 4.75. The number of rotatable bonds is 7. The molecule has 5 heteroatoms. The largest absolute Gasteiger partial charge is 0.454 e. The average Bonchev–Trinajstić information content (AvgIpc) is 2.13. The Morgan fingerprint density at radius 2 is 2.08 bits per heavy atom.